The average Bonchev–Trinajstić information content (AvgIpc) is 2.88. The second-order valence-corrected chi connectivity index (χ2v) is 6.29. The molecule has 1 N–H and O–H groups in total. The molecular formula is C16H23N5O. The van der Waals surface area contributed by atoms with E-state index in [1.807, 2.05) is 42.4 Å². The lowest BCUT2D eigenvalue weighted by Crippen LogP contribution is -2.44. The maximum atomic E-state index is 12.0. The molecule has 1 aliphatic rings. The molecule has 0 atom stereocenters. The number of hydrogen-bond donors (Lipinski definition) is 1. The first-order valence-electron chi connectivity index (χ1n) is 7.91. The van der Waals surface area contributed by atoms with Gasteiger partial charge in [0.2, 0.25) is 5.91 Å². The van der Waals surface area contributed by atoms with Crippen molar-refractivity contribution in [2.75, 3.05) is 18.4 Å². The Hall–Kier alpha value is -2.11. The molecule has 118 valence electrons. The molecule has 3 heterocycles. The smallest absolute Gasteiger partial charge is 0.225 e. The standard InChI is InChI=1S/C16H23N5O/c1-11(2)16(22)20-7-4-13(5-8-20)18-15-14-10-12(3)19-21(14)9-6-17-15/h6,9-11,13H,4-5,7-8H2,1-3H3,(H,17,18). The molecule has 2 aromatic heterocycles. The van der Waals surface area contributed by atoms with Crippen molar-refractivity contribution in [3.8, 4) is 0 Å². The molecule has 3 rings (SSSR count). The first kappa shape index (κ1) is 14.8. The summed E-state index contributed by atoms with van der Waals surface area (Å²) in [6, 6.07) is 2.39. The van der Waals surface area contributed by atoms with Gasteiger partial charge in [0.1, 0.15) is 5.52 Å². The van der Waals surface area contributed by atoms with Crippen LogP contribution in [0.1, 0.15) is 32.4 Å². The Morgan fingerprint density at radius 1 is 1.36 bits per heavy atom. The molecule has 22 heavy (non-hydrogen) atoms. The van der Waals surface area contributed by atoms with Gasteiger partial charge in [-0.25, -0.2) is 9.50 Å². The Balaban J connectivity index is 1.66. The summed E-state index contributed by atoms with van der Waals surface area (Å²) in [6.07, 6.45) is 5.53. The van der Waals surface area contributed by atoms with Gasteiger partial charge < -0.3 is 10.2 Å². The zero-order chi connectivity index (χ0) is 15.7. The van der Waals surface area contributed by atoms with E-state index in [0.29, 0.717) is 6.04 Å². The number of aromatic nitrogens is 3. The van der Waals surface area contributed by atoms with Gasteiger partial charge in [0.25, 0.3) is 0 Å². The lowest BCUT2D eigenvalue weighted by Gasteiger charge is -2.33. The molecule has 0 unspecified atom stereocenters. The number of carbonyl (C=O) groups excluding carboxylic acids is 1. The third-order valence-corrected chi connectivity index (χ3v) is 4.15. The van der Waals surface area contributed by atoms with E-state index in [4.69, 9.17) is 0 Å². The zero-order valence-electron chi connectivity index (χ0n) is 13.4. The monoisotopic (exact) mass is 301 g/mol. The van der Waals surface area contributed by atoms with E-state index in [1.165, 1.54) is 0 Å². The Labute approximate surface area is 130 Å². The first-order chi connectivity index (χ1) is 10.5. The van der Waals surface area contributed by atoms with Crippen molar-refractivity contribution >= 4 is 17.2 Å². The molecule has 0 bridgehead atoms. The van der Waals surface area contributed by atoms with E-state index in [9.17, 15) is 4.79 Å². The van der Waals surface area contributed by atoms with Crippen LogP contribution in [0.5, 0.6) is 0 Å². The molecule has 1 amide bonds. The fraction of sp³-hybridized carbons (Fsp3) is 0.562. The lowest BCUT2D eigenvalue weighted by atomic mass is 10.0. The van der Waals surface area contributed by atoms with Crippen LogP contribution in [0, 0.1) is 12.8 Å². The topological polar surface area (TPSA) is 62.5 Å². The number of anilines is 1. The number of rotatable bonds is 3. The van der Waals surface area contributed by atoms with E-state index in [-0.39, 0.29) is 11.8 Å². The number of nitrogens with one attached hydrogen (secondary N) is 1. The first-order valence-corrected chi connectivity index (χ1v) is 7.91. The molecule has 1 aliphatic heterocycles. The molecule has 0 aromatic carbocycles. The highest BCUT2D eigenvalue weighted by atomic mass is 16.2. The van der Waals surface area contributed by atoms with Crippen LogP contribution in [-0.4, -0.2) is 44.5 Å². The van der Waals surface area contributed by atoms with Gasteiger partial charge >= 0.3 is 0 Å². The number of likely N-dealkylation sites (tertiary alicyclic amines) is 1. The van der Waals surface area contributed by atoms with Crippen LogP contribution in [0.4, 0.5) is 5.82 Å². The predicted octanol–water partition coefficient (Wildman–Crippen LogP) is 2.10. The predicted molar refractivity (Wildman–Crippen MR) is 85.8 cm³/mol. The van der Waals surface area contributed by atoms with Crippen LogP contribution in [0.25, 0.3) is 5.52 Å². The van der Waals surface area contributed by atoms with Gasteiger partial charge in [0.05, 0.1) is 5.69 Å². The Kier molecular flexibility index (Phi) is 4.00. The van der Waals surface area contributed by atoms with Crippen LogP contribution < -0.4 is 5.32 Å². The second-order valence-electron chi connectivity index (χ2n) is 6.29. The SMILES string of the molecule is Cc1cc2c(NC3CCN(C(=O)C(C)C)CC3)nccn2n1. The van der Waals surface area contributed by atoms with E-state index < -0.39 is 0 Å². The Bertz CT molecular complexity index is 670. The van der Waals surface area contributed by atoms with Crippen molar-refractivity contribution in [3.05, 3.63) is 24.2 Å². The fourth-order valence-corrected chi connectivity index (χ4v) is 2.96. The number of carbonyl (C=O) groups is 1. The summed E-state index contributed by atoms with van der Waals surface area (Å²) in [7, 11) is 0. The number of amides is 1. The van der Waals surface area contributed by atoms with E-state index in [1.54, 1.807) is 6.20 Å². The number of aryl methyl sites for hydroxylation is 1. The largest absolute Gasteiger partial charge is 0.365 e. The number of hydrogen-bond acceptors (Lipinski definition) is 4. The van der Waals surface area contributed by atoms with Crippen LogP contribution in [0.3, 0.4) is 0 Å². The summed E-state index contributed by atoms with van der Waals surface area (Å²) in [6.45, 7) is 7.53. The Morgan fingerprint density at radius 2 is 2.09 bits per heavy atom. The fourth-order valence-electron chi connectivity index (χ4n) is 2.96. The normalized spacial score (nSPS) is 16.5. The van der Waals surface area contributed by atoms with Crippen molar-refractivity contribution in [1.82, 2.24) is 19.5 Å². The molecular weight excluding hydrogens is 278 g/mol. The molecule has 0 radical (unpaired) electrons. The van der Waals surface area contributed by atoms with Crippen LogP contribution in [-0.2, 0) is 4.79 Å². The minimum absolute atomic E-state index is 0.0784. The minimum Gasteiger partial charge on any atom is -0.365 e. The highest BCUT2D eigenvalue weighted by Gasteiger charge is 2.24. The van der Waals surface area contributed by atoms with Crippen molar-refractivity contribution in [1.29, 1.82) is 0 Å². The minimum atomic E-state index is 0.0784. The zero-order valence-corrected chi connectivity index (χ0v) is 13.4. The summed E-state index contributed by atoms with van der Waals surface area (Å²) >= 11 is 0. The summed E-state index contributed by atoms with van der Waals surface area (Å²) in [5.41, 5.74) is 1.98. The molecule has 0 saturated carbocycles. The van der Waals surface area contributed by atoms with Gasteiger partial charge in [0.15, 0.2) is 5.82 Å². The van der Waals surface area contributed by atoms with Gasteiger partial charge in [0, 0.05) is 37.4 Å². The second kappa shape index (κ2) is 5.94. The summed E-state index contributed by atoms with van der Waals surface area (Å²) in [5, 5.41) is 7.92. The maximum Gasteiger partial charge on any atom is 0.225 e. The van der Waals surface area contributed by atoms with E-state index in [2.05, 4.69) is 15.4 Å². The summed E-state index contributed by atoms with van der Waals surface area (Å²) in [5.74, 6) is 1.21. The maximum absolute atomic E-state index is 12.0. The van der Waals surface area contributed by atoms with Crippen LogP contribution in [0.15, 0.2) is 18.5 Å². The van der Waals surface area contributed by atoms with Crippen molar-refractivity contribution in [3.63, 3.8) is 0 Å². The molecule has 6 heteroatoms. The van der Waals surface area contributed by atoms with Crippen LogP contribution in [0.2, 0.25) is 0 Å². The van der Waals surface area contributed by atoms with E-state index in [0.717, 1.165) is 43.0 Å². The number of fused-ring (bicyclic) bond motifs is 1. The Morgan fingerprint density at radius 3 is 2.77 bits per heavy atom. The molecule has 0 spiro atoms. The highest BCUT2D eigenvalue weighted by Crippen LogP contribution is 2.20. The van der Waals surface area contributed by atoms with Gasteiger partial charge in [-0.05, 0) is 25.8 Å². The molecule has 6 nitrogen and oxygen atoms in total. The van der Waals surface area contributed by atoms with Gasteiger partial charge in [-0.3, -0.25) is 4.79 Å². The third kappa shape index (κ3) is 2.91. The third-order valence-electron chi connectivity index (χ3n) is 4.15. The highest BCUT2D eigenvalue weighted by molar-refractivity contribution is 5.78. The number of piperidine rings is 1. The van der Waals surface area contributed by atoms with E-state index >= 15 is 0 Å². The van der Waals surface area contributed by atoms with Crippen LogP contribution >= 0.6 is 0 Å². The van der Waals surface area contributed by atoms with Crippen molar-refractivity contribution in [2.45, 2.75) is 39.7 Å². The average molecular weight is 301 g/mol. The van der Waals surface area contributed by atoms with Gasteiger partial charge in [-0.1, -0.05) is 13.8 Å². The van der Waals surface area contributed by atoms with Gasteiger partial charge in [-0.15, -0.1) is 0 Å². The molecule has 1 saturated heterocycles. The molecule has 1 fully saturated rings. The number of nitrogens with zero attached hydrogens (tertiary/aromatic N) is 4. The molecule has 0 aliphatic carbocycles. The lowest BCUT2D eigenvalue weighted by molar-refractivity contribution is -0.135. The molecule has 2 aromatic rings. The van der Waals surface area contributed by atoms with Crippen molar-refractivity contribution in [2.24, 2.45) is 5.92 Å². The van der Waals surface area contributed by atoms with Gasteiger partial charge in [-0.2, -0.15) is 5.10 Å². The van der Waals surface area contributed by atoms with Crippen molar-refractivity contribution < 1.29 is 4.79 Å². The summed E-state index contributed by atoms with van der Waals surface area (Å²) < 4.78 is 1.85. The quantitative estimate of drug-likeness (QED) is 0.943. The summed E-state index contributed by atoms with van der Waals surface area (Å²) in [4.78, 5) is 18.4.